The Labute approximate surface area is 138 Å². The molecule has 0 bridgehead atoms. The highest BCUT2D eigenvalue weighted by molar-refractivity contribution is 5.94. The summed E-state index contributed by atoms with van der Waals surface area (Å²) in [5.41, 5.74) is 0.637. The number of aliphatic hydroxyl groups is 1. The molecule has 0 aliphatic heterocycles. The first-order valence-electron chi connectivity index (χ1n) is 7.93. The van der Waals surface area contributed by atoms with Gasteiger partial charge in [0.1, 0.15) is 18.5 Å². The Bertz CT molecular complexity index is 520. The molecule has 0 aromatic heterocycles. The lowest BCUT2D eigenvalue weighted by molar-refractivity contribution is 0.0650. The third kappa shape index (κ3) is 7.78. The number of nitrogens with zero attached hydrogens (tertiary/aromatic N) is 2. The second kappa shape index (κ2) is 9.98. The quantitative estimate of drug-likeness (QED) is 0.671. The molecule has 0 fully saturated rings. The zero-order valence-electron chi connectivity index (χ0n) is 14.2. The van der Waals surface area contributed by atoms with Gasteiger partial charge >= 0.3 is 0 Å². The smallest absolute Gasteiger partial charge is 0.159 e. The van der Waals surface area contributed by atoms with Crippen LogP contribution >= 0.6 is 0 Å². The predicted molar refractivity (Wildman–Crippen MR) is 89.5 cm³/mol. The molecular weight excluding hydrogens is 292 g/mol. The second-order valence-electron chi connectivity index (χ2n) is 6.11. The molecule has 1 aromatic rings. The second-order valence-corrected chi connectivity index (χ2v) is 6.11. The molecule has 0 radical (unpaired) electrons. The molecule has 1 atom stereocenters. The van der Waals surface area contributed by atoms with Gasteiger partial charge in [-0.3, -0.25) is 9.69 Å². The van der Waals surface area contributed by atoms with Crippen LogP contribution in [0.1, 0.15) is 37.6 Å². The van der Waals surface area contributed by atoms with E-state index >= 15 is 0 Å². The fourth-order valence-electron chi connectivity index (χ4n) is 2.31. The Morgan fingerprint density at radius 1 is 1.30 bits per heavy atom. The van der Waals surface area contributed by atoms with E-state index in [2.05, 4.69) is 24.8 Å². The Balaban J connectivity index is 2.45. The summed E-state index contributed by atoms with van der Waals surface area (Å²) in [5, 5.41) is 18.8. The maximum absolute atomic E-state index is 11.2. The molecule has 5 nitrogen and oxygen atoms in total. The van der Waals surface area contributed by atoms with E-state index in [-0.39, 0.29) is 12.4 Å². The molecular formula is C18H26N2O3. The van der Waals surface area contributed by atoms with Gasteiger partial charge in [0, 0.05) is 31.6 Å². The number of carbonyl (C=O) groups is 1. The van der Waals surface area contributed by atoms with Gasteiger partial charge in [-0.05, 0) is 37.1 Å². The number of ketones is 1. The number of benzene rings is 1. The molecule has 23 heavy (non-hydrogen) atoms. The lowest BCUT2D eigenvalue weighted by Crippen LogP contribution is -2.38. The average molecular weight is 318 g/mol. The molecule has 1 aromatic carbocycles. The highest BCUT2D eigenvalue weighted by Crippen LogP contribution is 2.13. The van der Waals surface area contributed by atoms with Crippen LogP contribution in [-0.4, -0.2) is 48.1 Å². The van der Waals surface area contributed by atoms with Gasteiger partial charge in [-0.25, -0.2) is 0 Å². The highest BCUT2D eigenvalue weighted by atomic mass is 16.5. The van der Waals surface area contributed by atoms with Gasteiger partial charge in [0.05, 0.1) is 6.07 Å². The van der Waals surface area contributed by atoms with Gasteiger partial charge in [0.25, 0.3) is 0 Å². The number of nitriles is 1. The van der Waals surface area contributed by atoms with Crippen molar-refractivity contribution in [2.75, 3.05) is 26.2 Å². The maximum atomic E-state index is 11.2. The van der Waals surface area contributed by atoms with Gasteiger partial charge in [-0.1, -0.05) is 13.8 Å². The zero-order valence-corrected chi connectivity index (χ0v) is 14.2. The van der Waals surface area contributed by atoms with Crippen LogP contribution in [0.3, 0.4) is 0 Å². The van der Waals surface area contributed by atoms with Crippen LogP contribution in [0.25, 0.3) is 0 Å². The van der Waals surface area contributed by atoms with Crippen LogP contribution in [0.5, 0.6) is 5.75 Å². The normalized spacial score (nSPS) is 12.2. The van der Waals surface area contributed by atoms with Gasteiger partial charge in [0.15, 0.2) is 5.78 Å². The van der Waals surface area contributed by atoms with Crippen LogP contribution in [-0.2, 0) is 0 Å². The summed E-state index contributed by atoms with van der Waals surface area (Å²) in [7, 11) is 0. The summed E-state index contributed by atoms with van der Waals surface area (Å²) in [6.45, 7) is 7.89. The van der Waals surface area contributed by atoms with E-state index in [9.17, 15) is 9.90 Å². The van der Waals surface area contributed by atoms with E-state index in [1.165, 1.54) is 6.92 Å². The van der Waals surface area contributed by atoms with Crippen molar-refractivity contribution in [1.82, 2.24) is 4.90 Å². The van der Waals surface area contributed by atoms with Crippen LogP contribution in [0.15, 0.2) is 24.3 Å². The number of ether oxygens (including phenoxy) is 1. The number of Topliss-reactive ketones (excluding diaryl/α,β-unsaturated/α-hetero) is 1. The first-order chi connectivity index (χ1) is 10.9. The van der Waals surface area contributed by atoms with Gasteiger partial charge < -0.3 is 9.84 Å². The molecule has 0 heterocycles. The van der Waals surface area contributed by atoms with Crippen molar-refractivity contribution < 1.29 is 14.6 Å². The number of hydrogen-bond acceptors (Lipinski definition) is 5. The Kier molecular flexibility index (Phi) is 8.31. The number of carbonyl (C=O) groups excluding carboxylic acids is 1. The van der Waals surface area contributed by atoms with Crippen molar-refractivity contribution >= 4 is 5.78 Å². The maximum Gasteiger partial charge on any atom is 0.159 e. The van der Waals surface area contributed by atoms with E-state index in [1.54, 1.807) is 24.3 Å². The lowest BCUT2D eigenvalue weighted by atomic mass is 10.1. The molecule has 0 aliphatic rings. The summed E-state index contributed by atoms with van der Waals surface area (Å²) in [6.07, 6.45) is -0.174. The van der Waals surface area contributed by atoms with Crippen LogP contribution < -0.4 is 4.74 Å². The summed E-state index contributed by atoms with van der Waals surface area (Å²) >= 11 is 0. The standard InChI is InChI=1S/C18H26N2O3/c1-14(2)11-20(10-4-9-19)12-17(22)13-23-18-7-5-16(6-8-18)15(3)21/h5-8,14,17,22H,4,10-13H2,1-3H3. The molecule has 126 valence electrons. The van der Waals surface area contributed by atoms with Crippen molar-refractivity contribution in [3.05, 3.63) is 29.8 Å². The largest absolute Gasteiger partial charge is 0.491 e. The molecule has 1 N–H and O–H groups in total. The Hall–Kier alpha value is -1.90. The third-order valence-corrected chi connectivity index (χ3v) is 3.34. The van der Waals surface area contributed by atoms with Crippen LogP contribution in [0.2, 0.25) is 0 Å². The average Bonchev–Trinajstić information content (AvgIpc) is 2.50. The topological polar surface area (TPSA) is 73.6 Å². The Morgan fingerprint density at radius 2 is 1.96 bits per heavy atom. The number of hydrogen-bond donors (Lipinski definition) is 1. The molecule has 0 saturated carbocycles. The molecule has 1 rings (SSSR count). The first kappa shape index (κ1) is 19.1. The van der Waals surface area contributed by atoms with Crippen LogP contribution in [0, 0.1) is 17.2 Å². The fraction of sp³-hybridized carbons (Fsp3) is 0.556. The highest BCUT2D eigenvalue weighted by Gasteiger charge is 2.13. The summed E-state index contributed by atoms with van der Waals surface area (Å²) < 4.78 is 5.56. The van der Waals surface area contributed by atoms with Crippen molar-refractivity contribution in [3.63, 3.8) is 0 Å². The van der Waals surface area contributed by atoms with E-state index in [1.807, 2.05) is 0 Å². The predicted octanol–water partition coefficient (Wildman–Crippen LogP) is 2.50. The number of rotatable bonds is 10. The summed E-state index contributed by atoms with van der Waals surface area (Å²) in [6, 6.07) is 9.01. The van der Waals surface area contributed by atoms with Gasteiger partial charge in [-0.2, -0.15) is 5.26 Å². The minimum Gasteiger partial charge on any atom is -0.491 e. The molecule has 5 heteroatoms. The molecule has 0 amide bonds. The van der Waals surface area contributed by atoms with Crippen molar-refractivity contribution in [2.24, 2.45) is 5.92 Å². The van der Waals surface area contributed by atoms with Crippen molar-refractivity contribution in [1.29, 1.82) is 5.26 Å². The zero-order chi connectivity index (χ0) is 17.2. The molecule has 0 aliphatic carbocycles. The van der Waals surface area contributed by atoms with Crippen molar-refractivity contribution in [2.45, 2.75) is 33.3 Å². The fourth-order valence-corrected chi connectivity index (χ4v) is 2.31. The van der Waals surface area contributed by atoms with E-state index < -0.39 is 6.10 Å². The van der Waals surface area contributed by atoms with E-state index in [0.717, 1.165) is 6.54 Å². The Morgan fingerprint density at radius 3 is 2.48 bits per heavy atom. The molecule has 1 unspecified atom stereocenters. The van der Waals surface area contributed by atoms with Gasteiger partial charge in [0.2, 0.25) is 0 Å². The monoisotopic (exact) mass is 318 g/mol. The third-order valence-electron chi connectivity index (χ3n) is 3.34. The minimum atomic E-state index is -0.625. The molecule has 0 saturated heterocycles. The lowest BCUT2D eigenvalue weighted by Gasteiger charge is -2.25. The van der Waals surface area contributed by atoms with Gasteiger partial charge in [-0.15, -0.1) is 0 Å². The number of aliphatic hydroxyl groups excluding tert-OH is 1. The molecule has 0 spiro atoms. The minimum absolute atomic E-state index is 0.0124. The summed E-state index contributed by atoms with van der Waals surface area (Å²) in [5.74, 6) is 1.11. The van der Waals surface area contributed by atoms with E-state index in [0.29, 0.717) is 36.7 Å². The SMILES string of the molecule is CC(=O)c1ccc(OCC(O)CN(CCC#N)CC(C)C)cc1. The van der Waals surface area contributed by atoms with E-state index in [4.69, 9.17) is 10.00 Å². The summed E-state index contributed by atoms with van der Waals surface area (Å²) in [4.78, 5) is 13.3. The van der Waals surface area contributed by atoms with Crippen molar-refractivity contribution in [3.8, 4) is 11.8 Å². The van der Waals surface area contributed by atoms with Crippen LogP contribution in [0.4, 0.5) is 0 Å². The first-order valence-corrected chi connectivity index (χ1v) is 7.93.